The number of rotatable bonds is 5. The van der Waals surface area contributed by atoms with E-state index in [9.17, 15) is 4.79 Å². The van der Waals surface area contributed by atoms with Gasteiger partial charge in [0.05, 0.1) is 13.2 Å². The minimum absolute atomic E-state index is 0.191. The largest absolute Gasteiger partial charge is 0.493 e. The minimum atomic E-state index is -1.14. The molecular weight excluding hydrogens is 286 g/mol. The third-order valence-electron chi connectivity index (χ3n) is 3.78. The van der Waals surface area contributed by atoms with Gasteiger partial charge in [0.15, 0.2) is 11.5 Å². The van der Waals surface area contributed by atoms with E-state index in [1.54, 1.807) is 25.3 Å². The van der Waals surface area contributed by atoms with Crippen molar-refractivity contribution < 1.29 is 23.9 Å². The predicted molar refractivity (Wildman–Crippen MR) is 78.3 cm³/mol. The minimum Gasteiger partial charge on any atom is -0.493 e. The topological polar surface area (TPSA) is 81.8 Å². The van der Waals surface area contributed by atoms with Gasteiger partial charge in [0.1, 0.15) is 5.69 Å². The number of ether oxygens (including phenoxy) is 2. The molecule has 116 valence electrons. The smallest absolute Gasteiger partial charge is 0.374 e. The normalized spacial score (nSPS) is 15.0. The molecule has 1 saturated carbocycles. The van der Waals surface area contributed by atoms with Crippen LogP contribution in [0.5, 0.6) is 11.5 Å². The van der Waals surface area contributed by atoms with Gasteiger partial charge >= 0.3 is 5.97 Å². The number of hydrogen-bond acceptors (Lipinski definition) is 5. The van der Waals surface area contributed by atoms with Gasteiger partial charge < -0.3 is 19.1 Å². The second kappa shape index (κ2) is 6.09. The fourth-order valence-corrected chi connectivity index (χ4v) is 2.63. The molecule has 6 heteroatoms. The maximum absolute atomic E-state index is 10.9. The Morgan fingerprint density at radius 3 is 2.68 bits per heavy atom. The highest BCUT2D eigenvalue weighted by molar-refractivity contribution is 5.85. The molecule has 1 fully saturated rings. The summed E-state index contributed by atoms with van der Waals surface area (Å²) in [5.41, 5.74) is 1.18. The van der Waals surface area contributed by atoms with Gasteiger partial charge in [-0.2, -0.15) is 0 Å². The molecule has 1 heterocycles. The number of benzene rings is 1. The number of carboxylic acids is 1. The molecule has 6 nitrogen and oxygen atoms in total. The lowest BCUT2D eigenvalue weighted by Crippen LogP contribution is -2.11. The van der Waals surface area contributed by atoms with Gasteiger partial charge in [0.2, 0.25) is 5.76 Å². The molecule has 0 saturated heterocycles. The van der Waals surface area contributed by atoms with E-state index < -0.39 is 5.97 Å². The number of nitrogens with zero attached hydrogens (tertiary/aromatic N) is 1. The van der Waals surface area contributed by atoms with Crippen LogP contribution in [0.25, 0.3) is 11.3 Å². The Balaban J connectivity index is 1.89. The molecule has 1 aliphatic carbocycles. The summed E-state index contributed by atoms with van der Waals surface area (Å²) in [6.45, 7) is 0. The first kappa shape index (κ1) is 14.4. The average molecular weight is 303 g/mol. The molecule has 3 rings (SSSR count). The van der Waals surface area contributed by atoms with Crippen LogP contribution >= 0.6 is 0 Å². The first-order chi connectivity index (χ1) is 10.7. The quantitative estimate of drug-likeness (QED) is 0.912. The van der Waals surface area contributed by atoms with Gasteiger partial charge in [-0.25, -0.2) is 4.79 Å². The van der Waals surface area contributed by atoms with Crippen LogP contribution in [-0.2, 0) is 0 Å². The number of aromatic carboxylic acids is 1. The molecule has 1 aromatic carbocycles. The second-order valence-electron chi connectivity index (χ2n) is 5.27. The highest BCUT2D eigenvalue weighted by atomic mass is 16.5. The van der Waals surface area contributed by atoms with E-state index in [4.69, 9.17) is 19.1 Å². The SMILES string of the molecule is COc1ccc(-c2cc(C(=O)O)on2)cc1OC1CCCC1. The van der Waals surface area contributed by atoms with E-state index in [1.165, 1.54) is 18.9 Å². The van der Waals surface area contributed by atoms with Crippen molar-refractivity contribution in [3.05, 3.63) is 30.0 Å². The first-order valence-electron chi connectivity index (χ1n) is 7.22. The summed E-state index contributed by atoms with van der Waals surface area (Å²) in [5.74, 6) is -0.0388. The fraction of sp³-hybridized carbons (Fsp3) is 0.375. The summed E-state index contributed by atoms with van der Waals surface area (Å²) in [7, 11) is 1.59. The predicted octanol–water partition coefficient (Wildman–Crippen LogP) is 3.37. The van der Waals surface area contributed by atoms with Crippen LogP contribution in [0.4, 0.5) is 0 Å². The zero-order valence-electron chi connectivity index (χ0n) is 12.2. The monoisotopic (exact) mass is 303 g/mol. The zero-order chi connectivity index (χ0) is 15.5. The average Bonchev–Trinajstić information content (AvgIpc) is 3.18. The van der Waals surface area contributed by atoms with Crippen LogP contribution in [0.15, 0.2) is 28.8 Å². The molecule has 0 aliphatic heterocycles. The third kappa shape index (κ3) is 2.90. The van der Waals surface area contributed by atoms with Crippen LogP contribution in [0, 0.1) is 0 Å². The number of aromatic nitrogens is 1. The number of hydrogen-bond donors (Lipinski definition) is 1. The van der Waals surface area contributed by atoms with Crippen molar-refractivity contribution in [3.63, 3.8) is 0 Å². The maximum Gasteiger partial charge on any atom is 0.374 e. The standard InChI is InChI=1S/C16H17NO5/c1-20-13-7-6-10(12-9-15(16(18)19)22-17-12)8-14(13)21-11-4-2-3-5-11/h6-9,11H,2-5H2,1H3,(H,18,19). The van der Waals surface area contributed by atoms with Crippen molar-refractivity contribution in [1.82, 2.24) is 5.16 Å². The van der Waals surface area contributed by atoms with E-state index in [1.807, 2.05) is 0 Å². The van der Waals surface area contributed by atoms with E-state index in [0.29, 0.717) is 17.2 Å². The van der Waals surface area contributed by atoms with Gasteiger partial charge in [-0.1, -0.05) is 5.16 Å². The number of carbonyl (C=O) groups is 1. The maximum atomic E-state index is 10.9. The molecule has 0 unspecified atom stereocenters. The van der Waals surface area contributed by atoms with Crippen molar-refractivity contribution >= 4 is 5.97 Å². The number of carboxylic acid groups (broad SMARTS) is 1. The summed E-state index contributed by atoms with van der Waals surface area (Å²) in [6.07, 6.45) is 4.65. The Bertz CT molecular complexity index is 673. The van der Waals surface area contributed by atoms with E-state index in [2.05, 4.69) is 5.16 Å². The first-order valence-corrected chi connectivity index (χ1v) is 7.22. The Morgan fingerprint density at radius 1 is 1.27 bits per heavy atom. The Morgan fingerprint density at radius 2 is 2.05 bits per heavy atom. The summed E-state index contributed by atoms with van der Waals surface area (Å²) >= 11 is 0. The molecule has 0 spiro atoms. The summed E-state index contributed by atoms with van der Waals surface area (Å²) in [5, 5.41) is 12.7. The van der Waals surface area contributed by atoms with Crippen LogP contribution in [0.3, 0.4) is 0 Å². The summed E-state index contributed by atoms with van der Waals surface area (Å²) < 4.78 is 16.1. The van der Waals surface area contributed by atoms with E-state index in [-0.39, 0.29) is 11.9 Å². The Hall–Kier alpha value is -2.50. The third-order valence-corrected chi connectivity index (χ3v) is 3.78. The molecule has 22 heavy (non-hydrogen) atoms. The highest BCUT2D eigenvalue weighted by Crippen LogP contribution is 2.35. The molecule has 1 aromatic heterocycles. The Kier molecular flexibility index (Phi) is 4.00. The molecule has 1 aliphatic rings. The van der Waals surface area contributed by atoms with Crippen molar-refractivity contribution in [2.75, 3.05) is 7.11 Å². The van der Waals surface area contributed by atoms with Gasteiger partial charge in [-0.15, -0.1) is 0 Å². The lowest BCUT2D eigenvalue weighted by molar-refractivity contribution is 0.0652. The fourth-order valence-electron chi connectivity index (χ4n) is 2.63. The van der Waals surface area contributed by atoms with Crippen molar-refractivity contribution in [3.8, 4) is 22.8 Å². The van der Waals surface area contributed by atoms with Gasteiger partial charge in [-0.05, 0) is 43.9 Å². The molecule has 1 N–H and O–H groups in total. The molecule has 0 amide bonds. The molecule has 0 bridgehead atoms. The summed E-state index contributed by atoms with van der Waals surface area (Å²) in [4.78, 5) is 10.9. The van der Waals surface area contributed by atoms with Crippen molar-refractivity contribution in [2.24, 2.45) is 0 Å². The van der Waals surface area contributed by atoms with Crippen LogP contribution < -0.4 is 9.47 Å². The molecule has 0 atom stereocenters. The lowest BCUT2D eigenvalue weighted by Gasteiger charge is -2.16. The number of methoxy groups -OCH3 is 1. The lowest BCUT2D eigenvalue weighted by atomic mass is 10.1. The highest BCUT2D eigenvalue weighted by Gasteiger charge is 2.20. The van der Waals surface area contributed by atoms with Gasteiger partial charge in [0.25, 0.3) is 0 Å². The molecular formula is C16H17NO5. The van der Waals surface area contributed by atoms with Crippen LogP contribution in [-0.4, -0.2) is 29.4 Å². The van der Waals surface area contributed by atoms with E-state index >= 15 is 0 Å². The second-order valence-corrected chi connectivity index (χ2v) is 5.27. The molecule has 2 aromatic rings. The van der Waals surface area contributed by atoms with Gasteiger partial charge in [0, 0.05) is 11.6 Å². The molecule has 0 radical (unpaired) electrons. The summed E-state index contributed by atoms with van der Waals surface area (Å²) in [6, 6.07) is 6.78. The van der Waals surface area contributed by atoms with Gasteiger partial charge in [-0.3, -0.25) is 0 Å². The van der Waals surface area contributed by atoms with Crippen molar-refractivity contribution in [2.45, 2.75) is 31.8 Å². The Labute approximate surface area is 127 Å². The van der Waals surface area contributed by atoms with Crippen LogP contribution in [0.1, 0.15) is 36.2 Å². The van der Waals surface area contributed by atoms with Crippen LogP contribution in [0.2, 0.25) is 0 Å². The zero-order valence-corrected chi connectivity index (χ0v) is 12.2. The van der Waals surface area contributed by atoms with Crippen molar-refractivity contribution in [1.29, 1.82) is 0 Å². The van der Waals surface area contributed by atoms with E-state index in [0.717, 1.165) is 18.4 Å².